The molecule has 3 heteroatoms. The molecule has 1 fully saturated rings. The summed E-state index contributed by atoms with van der Waals surface area (Å²) in [6.45, 7) is 5.62. The predicted molar refractivity (Wildman–Crippen MR) is 86.4 cm³/mol. The van der Waals surface area contributed by atoms with Gasteiger partial charge in [0.25, 0.3) is 0 Å². The van der Waals surface area contributed by atoms with E-state index in [0.717, 1.165) is 35.7 Å². The van der Waals surface area contributed by atoms with Gasteiger partial charge in [0.15, 0.2) is 0 Å². The topological polar surface area (TPSA) is 12.0 Å². The number of hydrogen-bond acceptors (Lipinski definition) is 1. The van der Waals surface area contributed by atoms with Crippen molar-refractivity contribution in [3.63, 3.8) is 0 Å². The molecule has 3 unspecified atom stereocenters. The average molecular weight is 342 g/mol. The summed E-state index contributed by atoms with van der Waals surface area (Å²) in [5, 5.41) is 3.71. The lowest BCUT2D eigenvalue weighted by atomic mass is 9.91. The van der Waals surface area contributed by atoms with Gasteiger partial charge in [-0.3, -0.25) is 0 Å². The third kappa shape index (κ3) is 4.29. The Morgan fingerprint density at radius 1 is 1.40 bits per heavy atom. The normalized spacial score (nSPS) is 24.0. The maximum atomic E-state index is 13.2. The lowest BCUT2D eigenvalue weighted by molar-refractivity contribution is 0.348. The predicted octanol–water partition coefficient (Wildman–Crippen LogP) is 4.94. The Bertz CT molecular complexity index is 435. The summed E-state index contributed by atoms with van der Waals surface area (Å²) in [5.74, 6) is 1.43. The van der Waals surface area contributed by atoms with Gasteiger partial charge in [-0.05, 0) is 61.8 Å². The van der Waals surface area contributed by atoms with Crippen molar-refractivity contribution < 1.29 is 4.39 Å². The van der Waals surface area contributed by atoms with Gasteiger partial charge >= 0.3 is 0 Å². The Kier molecular flexibility index (Phi) is 6.03. The SMILES string of the molecule is CCCNC(Cc1ccc(F)cc1Br)C1CCC(C)C1. The zero-order chi connectivity index (χ0) is 14.5. The van der Waals surface area contributed by atoms with E-state index in [-0.39, 0.29) is 5.82 Å². The first-order valence-corrected chi connectivity index (χ1v) is 8.56. The van der Waals surface area contributed by atoms with Crippen LogP contribution in [-0.4, -0.2) is 12.6 Å². The molecule has 0 heterocycles. The molecular weight excluding hydrogens is 317 g/mol. The lowest BCUT2D eigenvalue weighted by Gasteiger charge is -2.25. The minimum atomic E-state index is -0.173. The van der Waals surface area contributed by atoms with E-state index in [1.165, 1.54) is 24.8 Å². The van der Waals surface area contributed by atoms with E-state index in [9.17, 15) is 4.39 Å². The van der Waals surface area contributed by atoms with Gasteiger partial charge in [-0.1, -0.05) is 42.3 Å². The summed E-state index contributed by atoms with van der Waals surface area (Å²) in [4.78, 5) is 0. The molecule has 2 rings (SSSR count). The van der Waals surface area contributed by atoms with Crippen molar-refractivity contribution in [3.8, 4) is 0 Å². The van der Waals surface area contributed by atoms with Crippen LogP contribution in [0, 0.1) is 17.7 Å². The second-order valence-electron chi connectivity index (χ2n) is 6.18. The van der Waals surface area contributed by atoms with Crippen molar-refractivity contribution in [2.24, 2.45) is 11.8 Å². The quantitative estimate of drug-likeness (QED) is 0.772. The second kappa shape index (κ2) is 7.56. The molecule has 0 aromatic heterocycles. The molecule has 1 nitrogen and oxygen atoms in total. The molecule has 1 saturated carbocycles. The van der Waals surface area contributed by atoms with Crippen LogP contribution in [0.5, 0.6) is 0 Å². The fourth-order valence-electron chi connectivity index (χ4n) is 3.28. The van der Waals surface area contributed by atoms with Gasteiger partial charge in [-0.2, -0.15) is 0 Å². The van der Waals surface area contributed by atoms with Crippen LogP contribution in [-0.2, 0) is 6.42 Å². The molecule has 1 aliphatic rings. The Labute approximate surface area is 130 Å². The van der Waals surface area contributed by atoms with E-state index in [0.29, 0.717) is 6.04 Å². The molecule has 20 heavy (non-hydrogen) atoms. The van der Waals surface area contributed by atoms with Crippen LogP contribution in [0.25, 0.3) is 0 Å². The molecular formula is C17H25BrFN. The third-order valence-electron chi connectivity index (χ3n) is 4.42. The summed E-state index contributed by atoms with van der Waals surface area (Å²) in [6, 6.07) is 5.57. The Morgan fingerprint density at radius 3 is 2.80 bits per heavy atom. The molecule has 1 aromatic carbocycles. The molecule has 0 saturated heterocycles. The monoisotopic (exact) mass is 341 g/mol. The number of benzene rings is 1. The van der Waals surface area contributed by atoms with Gasteiger partial charge in [0.2, 0.25) is 0 Å². The molecule has 0 bridgehead atoms. The maximum Gasteiger partial charge on any atom is 0.124 e. The van der Waals surface area contributed by atoms with Gasteiger partial charge in [0, 0.05) is 10.5 Å². The summed E-state index contributed by atoms with van der Waals surface area (Å²) in [5.41, 5.74) is 1.21. The third-order valence-corrected chi connectivity index (χ3v) is 5.15. The molecule has 0 radical (unpaired) electrons. The van der Waals surface area contributed by atoms with Crippen LogP contribution in [0.4, 0.5) is 4.39 Å². The minimum absolute atomic E-state index is 0.173. The Balaban J connectivity index is 2.06. The van der Waals surface area contributed by atoms with Gasteiger partial charge in [-0.15, -0.1) is 0 Å². The van der Waals surface area contributed by atoms with Crippen molar-refractivity contribution >= 4 is 15.9 Å². The number of halogens is 2. The molecule has 0 aliphatic heterocycles. The minimum Gasteiger partial charge on any atom is -0.313 e. The van der Waals surface area contributed by atoms with E-state index in [4.69, 9.17) is 0 Å². The highest BCUT2D eigenvalue weighted by Crippen LogP contribution is 2.34. The van der Waals surface area contributed by atoms with Gasteiger partial charge < -0.3 is 5.32 Å². The molecule has 112 valence electrons. The number of rotatable bonds is 6. The smallest absolute Gasteiger partial charge is 0.124 e. The van der Waals surface area contributed by atoms with E-state index < -0.39 is 0 Å². The van der Waals surface area contributed by atoms with E-state index in [1.807, 2.05) is 6.07 Å². The largest absolute Gasteiger partial charge is 0.313 e. The fourth-order valence-corrected chi connectivity index (χ4v) is 3.79. The average Bonchev–Trinajstić information content (AvgIpc) is 2.83. The Morgan fingerprint density at radius 2 is 2.20 bits per heavy atom. The molecule has 0 spiro atoms. The van der Waals surface area contributed by atoms with Crippen molar-refractivity contribution in [2.45, 2.75) is 52.0 Å². The fraction of sp³-hybridized carbons (Fsp3) is 0.647. The molecule has 1 aliphatic carbocycles. The van der Waals surface area contributed by atoms with Crippen molar-refractivity contribution in [3.05, 3.63) is 34.1 Å². The molecule has 1 N–H and O–H groups in total. The van der Waals surface area contributed by atoms with Crippen LogP contribution >= 0.6 is 15.9 Å². The zero-order valence-corrected chi connectivity index (χ0v) is 14.0. The van der Waals surface area contributed by atoms with E-state index in [2.05, 4.69) is 35.1 Å². The highest BCUT2D eigenvalue weighted by atomic mass is 79.9. The van der Waals surface area contributed by atoms with E-state index in [1.54, 1.807) is 12.1 Å². The molecule has 3 atom stereocenters. The molecule has 1 aromatic rings. The first-order chi connectivity index (χ1) is 9.60. The second-order valence-corrected chi connectivity index (χ2v) is 7.03. The highest BCUT2D eigenvalue weighted by Gasteiger charge is 2.28. The summed E-state index contributed by atoms with van der Waals surface area (Å²) >= 11 is 3.50. The van der Waals surface area contributed by atoms with Crippen LogP contribution in [0.15, 0.2) is 22.7 Å². The van der Waals surface area contributed by atoms with Crippen LogP contribution in [0.1, 0.15) is 45.1 Å². The first-order valence-electron chi connectivity index (χ1n) is 7.77. The number of nitrogens with one attached hydrogen (secondary N) is 1. The Hall–Kier alpha value is -0.410. The molecule has 0 amide bonds. The number of hydrogen-bond donors (Lipinski definition) is 1. The summed E-state index contributed by atoms with van der Waals surface area (Å²) in [6.07, 6.45) is 6.13. The van der Waals surface area contributed by atoms with Crippen molar-refractivity contribution in [2.75, 3.05) is 6.54 Å². The highest BCUT2D eigenvalue weighted by molar-refractivity contribution is 9.10. The first kappa shape index (κ1) is 16.0. The van der Waals surface area contributed by atoms with Gasteiger partial charge in [0.05, 0.1) is 0 Å². The lowest BCUT2D eigenvalue weighted by Crippen LogP contribution is -2.37. The standard InChI is InChI=1S/C17H25BrFN/c1-3-8-20-17(14-5-4-12(2)9-14)10-13-6-7-15(19)11-16(13)18/h6-7,11-12,14,17,20H,3-5,8-10H2,1-2H3. The van der Waals surface area contributed by atoms with Crippen LogP contribution < -0.4 is 5.32 Å². The van der Waals surface area contributed by atoms with Crippen molar-refractivity contribution in [1.82, 2.24) is 5.32 Å². The van der Waals surface area contributed by atoms with Gasteiger partial charge in [0.1, 0.15) is 5.82 Å². The zero-order valence-electron chi connectivity index (χ0n) is 12.5. The van der Waals surface area contributed by atoms with Crippen LogP contribution in [0.3, 0.4) is 0 Å². The maximum absolute atomic E-state index is 13.2. The van der Waals surface area contributed by atoms with Gasteiger partial charge in [-0.25, -0.2) is 4.39 Å². The summed E-state index contributed by atoms with van der Waals surface area (Å²) in [7, 11) is 0. The van der Waals surface area contributed by atoms with Crippen molar-refractivity contribution in [1.29, 1.82) is 0 Å². The summed E-state index contributed by atoms with van der Waals surface area (Å²) < 4.78 is 14.1. The van der Waals surface area contributed by atoms with Crippen LogP contribution in [0.2, 0.25) is 0 Å². The van der Waals surface area contributed by atoms with E-state index >= 15 is 0 Å².